The number of amides is 2. The minimum atomic E-state index is -1.20. The number of benzene rings is 2. The van der Waals surface area contributed by atoms with Crippen LogP contribution < -0.4 is 15.4 Å². The second-order valence-electron chi connectivity index (χ2n) is 6.54. The molecular formula is C21H23FN2O5. The summed E-state index contributed by atoms with van der Waals surface area (Å²) in [5, 5.41) is 14.5. The molecule has 0 aliphatic carbocycles. The predicted molar refractivity (Wildman–Crippen MR) is 104 cm³/mol. The first-order valence-electron chi connectivity index (χ1n) is 8.96. The van der Waals surface area contributed by atoms with Crippen LogP contribution in [0.5, 0.6) is 5.75 Å². The molecule has 0 aromatic heterocycles. The molecule has 8 heteroatoms. The largest absolute Gasteiger partial charge is 0.497 e. The number of aliphatic carboxylic acids is 1. The maximum absolute atomic E-state index is 13.1. The molecule has 29 heavy (non-hydrogen) atoms. The molecule has 0 saturated heterocycles. The van der Waals surface area contributed by atoms with E-state index < -0.39 is 35.7 Å². The smallest absolute Gasteiger partial charge is 0.326 e. The van der Waals surface area contributed by atoms with Gasteiger partial charge in [0.05, 0.1) is 7.11 Å². The summed E-state index contributed by atoms with van der Waals surface area (Å²) in [6, 6.07) is 10.2. The lowest BCUT2D eigenvalue weighted by Gasteiger charge is -2.21. The molecule has 0 aliphatic heterocycles. The van der Waals surface area contributed by atoms with Crippen molar-refractivity contribution in [2.24, 2.45) is 0 Å². The Kier molecular flexibility index (Phi) is 7.70. The summed E-state index contributed by atoms with van der Waals surface area (Å²) >= 11 is 0. The molecule has 7 nitrogen and oxygen atoms in total. The van der Waals surface area contributed by atoms with Crippen LogP contribution in [0, 0.1) is 5.82 Å². The number of carbonyl (C=O) groups is 3. The van der Waals surface area contributed by atoms with Crippen LogP contribution >= 0.6 is 0 Å². The fourth-order valence-corrected chi connectivity index (χ4v) is 2.82. The monoisotopic (exact) mass is 402 g/mol. The maximum Gasteiger partial charge on any atom is 0.326 e. The number of ether oxygens (including phenoxy) is 1. The highest BCUT2D eigenvalue weighted by Gasteiger charge is 2.26. The zero-order chi connectivity index (χ0) is 21.4. The highest BCUT2D eigenvalue weighted by molar-refractivity contribution is 5.90. The van der Waals surface area contributed by atoms with Crippen molar-refractivity contribution in [2.45, 2.75) is 31.8 Å². The van der Waals surface area contributed by atoms with Gasteiger partial charge in [0.1, 0.15) is 23.7 Å². The van der Waals surface area contributed by atoms with Crippen molar-refractivity contribution >= 4 is 17.8 Å². The van der Waals surface area contributed by atoms with Gasteiger partial charge in [-0.25, -0.2) is 9.18 Å². The van der Waals surface area contributed by atoms with E-state index in [0.29, 0.717) is 16.9 Å². The van der Waals surface area contributed by atoms with Gasteiger partial charge in [0.2, 0.25) is 11.8 Å². The second-order valence-corrected chi connectivity index (χ2v) is 6.54. The SMILES string of the molecule is COc1cccc(C[C@@H](NC(=O)[C@@H](Cc2ccc(F)cc2)NC(C)=O)C(=O)O)c1. The molecule has 0 aliphatic rings. The topological polar surface area (TPSA) is 105 Å². The van der Waals surface area contributed by atoms with Gasteiger partial charge in [-0.1, -0.05) is 24.3 Å². The third kappa shape index (κ3) is 6.91. The van der Waals surface area contributed by atoms with E-state index in [1.165, 1.54) is 38.3 Å². The first-order chi connectivity index (χ1) is 13.8. The normalized spacial score (nSPS) is 12.5. The van der Waals surface area contributed by atoms with E-state index in [9.17, 15) is 23.9 Å². The standard InChI is InChI=1S/C21H23FN2O5/c1-13(25)23-18(11-14-6-8-16(22)9-7-14)20(26)24-19(21(27)28)12-15-4-3-5-17(10-15)29-2/h3-10,18-19H,11-12H2,1-2H3,(H,23,25)(H,24,26)(H,27,28)/t18-,19-/m1/s1. The number of carboxylic acids is 1. The van der Waals surface area contributed by atoms with Crippen LogP contribution in [0.3, 0.4) is 0 Å². The van der Waals surface area contributed by atoms with Crippen LogP contribution in [0.1, 0.15) is 18.1 Å². The quantitative estimate of drug-likeness (QED) is 0.592. The van der Waals surface area contributed by atoms with Crippen molar-refractivity contribution in [3.63, 3.8) is 0 Å². The molecule has 0 heterocycles. The van der Waals surface area contributed by atoms with Crippen molar-refractivity contribution in [2.75, 3.05) is 7.11 Å². The molecule has 0 spiro atoms. The third-order valence-electron chi connectivity index (χ3n) is 4.24. The molecule has 0 bridgehead atoms. The summed E-state index contributed by atoms with van der Waals surface area (Å²) in [4.78, 5) is 35.9. The Balaban J connectivity index is 2.13. The summed E-state index contributed by atoms with van der Waals surface area (Å²) < 4.78 is 18.2. The van der Waals surface area contributed by atoms with E-state index in [-0.39, 0.29) is 12.8 Å². The van der Waals surface area contributed by atoms with Gasteiger partial charge in [-0.3, -0.25) is 9.59 Å². The molecule has 2 atom stereocenters. The molecular weight excluding hydrogens is 379 g/mol. The van der Waals surface area contributed by atoms with E-state index >= 15 is 0 Å². The van der Waals surface area contributed by atoms with Gasteiger partial charge in [0, 0.05) is 19.8 Å². The zero-order valence-corrected chi connectivity index (χ0v) is 16.1. The van der Waals surface area contributed by atoms with Gasteiger partial charge in [0.25, 0.3) is 0 Å². The van der Waals surface area contributed by atoms with Gasteiger partial charge in [0.15, 0.2) is 0 Å². The first-order valence-corrected chi connectivity index (χ1v) is 8.96. The summed E-state index contributed by atoms with van der Waals surface area (Å²) in [5.41, 5.74) is 1.30. The molecule has 2 aromatic rings. The van der Waals surface area contributed by atoms with Crippen LogP contribution in [0.4, 0.5) is 4.39 Å². The molecule has 0 saturated carbocycles. The van der Waals surface area contributed by atoms with Crippen LogP contribution in [0.25, 0.3) is 0 Å². The zero-order valence-electron chi connectivity index (χ0n) is 16.1. The van der Waals surface area contributed by atoms with Gasteiger partial charge in [-0.2, -0.15) is 0 Å². The minimum Gasteiger partial charge on any atom is -0.497 e. The average molecular weight is 402 g/mol. The molecule has 0 unspecified atom stereocenters. The number of hydrogen-bond donors (Lipinski definition) is 3. The summed E-state index contributed by atoms with van der Waals surface area (Å²) in [6.07, 6.45) is 0.138. The summed E-state index contributed by atoms with van der Waals surface area (Å²) in [5.74, 6) is -2.12. The van der Waals surface area contributed by atoms with Crippen molar-refractivity contribution in [1.82, 2.24) is 10.6 Å². The molecule has 0 fully saturated rings. The maximum atomic E-state index is 13.1. The summed E-state index contributed by atoms with van der Waals surface area (Å²) in [6.45, 7) is 1.26. The molecule has 2 amide bonds. The lowest BCUT2D eigenvalue weighted by molar-refractivity contribution is -0.142. The van der Waals surface area contributed by atoms with Crippen LogP contribution in [-0.4, -0.2) is 42.1 Å². The molecule has 0 radical (unpaired) electrons. The van der Waals surface area contributed by atoms with E-state index in [0.717, 1.165) is 0 Å². The van der Waals surface area contributed by atoms with E-state index in [2.05, 4.69) is 10.6 Å². The van der Waals surface area contributed by atoms with E-state index in [1.54, 1.807) is 24.3 Å². The molecule has 2 aromatic carbocycles. The Labute approximate surface area is 167 Å². The highest BCUT2D eigenvalue weighted by Crippen LogP contribution is 2.14. The number of carbonyl (C=O) groups excluding carboxylic acids is 2. The van der Waals surface area contributed by atoms with Gasteiger partial charge in [-0.15, -0.1) is 0 Å². The van der Waals surface area contributed by atoms with Crippen LogP contribution in [-0.2, 0) is 27.2 Å². The van der Waals surface area contributed by atoms with Gasteiger partial charge in [-0.05, 0) is 35.4 Å². The first kappa shape index (κ1) is 21.9. The third-order valence-corrected chi connectivity index (χ3v) is 4.24. The fourth-order valence-electron chi connectivity index (χ4n) is 2.82. The number of nitrogens with one attached hydrogen (secondary N) is 2. The number of hydrogen-bond acceptors (Lipinski definition) is 4. The van der Waals surface area contributed by atoms with E-state index in [1.807, 2.05) is 0 Å². The minimum absolute atomic E-state index is 0.0433. The molecule has 2 rings (SSSR count). The Morgan fingerprint density at radius 2 is 1.66 bits per heavy atom. The van der Waals surface area contributed by atoms with Crippen molar-refractivity contribution in [3.8, 4) is 5.75 Å². The average Bonchev–Trinajstić information content (AvgIpc) is 2.68. The Morgan fingerprint density at radius 3 is 2.24 bits per heavy atom. The second kappa shape index (κ2) is 10.2. The summed E-state index contributed by atoms with van der Waals surface area (Å²) in [7, 11) is 1.50. The van der Waals surface area contributed by atoms with Crippen molar-refractivity contribution < 1.29 is 28.6 Å². The lowest BCUT2D eigenvalue weighted by Crippen LogP contribution is -2.52. The van der Waals surface area contributed by atoms with Crippen molar-refractivity contribution in [3.05, 3.63) is 65.5 Å². The van der Waals surface area contributed by atoms with Crippen molar-refractivity contribution in [1.29, 1.82) is 0 Å². The molecule has 3 N–H and O–H groups in total. The van der Waals surface area contributed by atoms with Gasteiger partial charge < -0.3 is 20.5 Å². The Morgan fingerprint density at radius 1 is 1.00 bits per heavy atom. The number of carboxylic acid groups (broad SMARTS) is 1. The predicted octanol–water partition coefficient (Wildman–Crippen LogP) is 1.69. The number of rotatable bonds is 9. The fraction of sp³-hybridized carbons (Fsp3) is 0.286. The van der Waals surface area contributed by atoms with Crippen LogP contribution in [0.15, 0.2) is 48.5 Å². The number of halogens is 1. The van der Waals surface area contributed by atoms with Crippen LogP contribution in [0.2, 0.25) is 0 Å². The lowest BCUT2D eigenvalue weighted by atomic mass is 10.0. The Hall–Kier alpha value is -3.42. The van der Waals surface area contributed by atoms with E-state index in [4.69, 9.17) is 4.74 Å². The highest BCUT2D eigenvalue weighted by atomic mass is 19.1. The number of methoxy groups -OCH3 is 1. The van der Waals surface area contributed by atoms with Gasteiger partial charge >= 0.3 is 5.97 Å². The Bertz CT molecular complexity index is 870. The molecule has 154 valence electrons.